The number of benzene rings is 2. The van der Waals surface area contributed by atoms with Crippen molar-refractivity contribution in [2.24, 2.45) is 0 Å². The second-order valence-corrected chi connectivity index (χ2v) is 6.15. The van der Waals surface area contributed by atoms with Crippen molar-refractivity contribution < 1.29 is 9.15 Å². The Balaban J connectivity index is 1.49. The van der Waals surface area contributed by atoms with Gasteiger partial charge < -0.3 is 14.5 Å². The molecule has 0 aliphatic heterocycles. The fraction of sp³-hybridized carbons (Fsp3) is 0.136. The van der Waals surface area contributed by atoms with Crippen LogP contribution in [0.3, 0.4) is 0 Å². The number of aryl methyl sites for hydroxylation is 1. The molecule has 4 heteroatoms. The lowest BCUT2D eigenvalue weighted by molar-refractivity contribution is 0.307. The molecule has 0 spiro atoms. The summed E-state index contributed by atoms with van der Waals surface area (Å²) in [5.74, 6) is 3.50. The Bertz CT molecular complexity index is 1010. The highest BCUT2D eigenvalue weighted by atomic mass is 16.5. The maximum atomic E-state index is 5.88. The normalized spacial score (nSPS) is 10.8. The summed E-state index contributed by atoms with van der Waals surface area (Å²) >= 11 is 0. The van der Waals surface area contributed by atoms with E-state index in [1.165, 1.54) is 0 Å². The summed E-state index contributed by atoms with van der Waals surface area (Å²) in [7, 11) is 0. The quantitative estimate of drug-likeness (QED) is 0.514. The molecule has 0 aliphatic carbocycles. The largest absolute Gasteiger partial charge is 0.489 e. The van der Waals surface area contributed by atoms with E-state index in [0.717, 1.165) is 39.6 Å². The standard InChI is InChI=1S/C22H20N2O2/c1-16-10-11-19(26-16)14-23-22-13-12-20-17(6-5-9-21(20)24-22)15-25-18-7-3-2-4-8-18/h2-13H,14-15H2,1H3,(H,23,24). The fourth-order valence-corrected chi connectivity index (χ4v) is 2.88. The summed E-state index contributed by atoms with van der Waals surface area (Å²) in [6.45, 7) is 3.07. The second-order valence-electron chi connectivity index (χ2n) is 6.15. The Morgan fingerprint density at radius 2 is 1.81 bits per heavy atom. The molecule has 4 aromatic rings. The van der Waals surface area contributed by atoms with Crippen LogP contribution in [0.5, 0.6) is 5.75 Å². The minimum atomic E-state index is 0.515. The van der Waals surface area contributed by atoms with Crippen LogP contribution in [-0.4, -0.2) is 4.98 Å². The van der Waals surface area contributed by atoms with Crippen molar-refractivity contribution in [3.8, 4) is 5.75 Å². The number of fused-ring (bicyclic) bond motifs is 1. The highest BCUT2D eigenvalue weighted by molar-refractivity contribution is 5.83. The molecule has 4 nitrogen and oxygen atoms in total. The van der Waals surface area contributed by atoms with Gasteiger partial charge in [-0.15, -0.1) is 0 Å². The fourth-order valence-electron chi connectivity index (χ4n) is 2.88. The Morgan fingerprint density at radius 3 is 2.62 bits per heavy atom. The zero-order chi connectivity index (χ0) is 17.8. The highest BCUT2D eigenvalue weighted by Crippen LogP contribution is 2.22. The zero-order valence-electron chi connectivity index (χ0n) is 14.6. The number of aromatic nitrogens is 1. The average Bonchev–Trinajstić information content (AvgIpc) is 3.10. The molecule has 0 unspecified atom stereocenters. The van der Waals surface area contributed by atoms with E-state index in [0.29, 0.717) is 13.2 Å². The first-order chi connectivity index (χ1) is 12.8. The molecule has 130 valence electrons. The van der Waals surface area contributed by atoms with Gasteiger partial charge in [-0.2, -0.15) is 0 Å². The highest BCUT2D eigenvalue weighted by Gasteiger charge is 2.05. The molecule has 0 bridgehead atoms. The maximum Gasteiger partial charge on any atom is 0.127 e. The summed E-state index contributed by atoms with van der Waals surface area (Å²) in [6, 6.07) is 24.0. The minimum Gasteiger partial charge on any atom is -0.489 e. The van der Waals surface area contributed by atoms with E-state index in [-0.39, 0.29) is 0 Å². The van der Waals surface area contributed by atoms with Gasteiger partial charge in [0.25, 0.3) is 0 Å². The molecule has 0 saturated carbocycles. The third-order valence-corrected chi connectivity index (χ3v) is 4.20. The van der Waals surface area contributed by atoms with Gasteiger partial charge in [0.2, 0.25) is 0 Å². The molecular formula is C22H20N2O2. The maximum absolute atomic E-state index is 5.88. The molecule has 4 rings (SSSR count). The lowest BCUT2D eigenvalue weighted by Gasteiger charge is -2.10. The lowest BCUT2D eigenvalue weighted by atomic mass is 10.1. The van der Waals surface area contributed by atoms with Crippen LogP contribution >= 0.6 is 0 Å². The average molecular weight is 344 g/mol. The molecule has 2 heterocycles. The summed E-state index contributed by atoms with van der Waals surface area (Å²) in [5.41, 5.74) is 2.06. The van der Waals surface area contributed by atoms with Gasteiger partial charge in [0, 0.05) is 5.39 Å². The minimum absolute atomic E-state index is 0.515. The molecule has 0 aliphatic rings. The Labute approximate surface area is 152 Å². The number of nitrogens with zero attached hydrogens (tertiary/aromatic N) is 1. The number of anilines is 1. The number of rotatable bonds is 6. The molecule has 26 heavy (non-hydrogen) atoms. The van der Waals surface area contributed by atoms with E-state index in [4.69, 9.17) is 14.1 Å². The van der Waals surface area contributed by atoms with Gasteiger partial charge in [-0.05, 0) is 55.0 Å². The van der Waals surface area contributed by atoms with Gasteiger partial charge in [-0.1, -0.05) is 30.3 Å². The van der Waals surface area contributed by atoms with E-state index in [1.54, 1.807) is 0 Å². The number of hydrogen-bond donors (Lipinski definition) is 1. The van der Waals surface area contributed by atoms with E-state index in [1.807, 2.05) is 67.6 Å². The van der Waals surface area contributed by atoms with Gasteiger partial charge in [-0.3, -0.25) is 0 Å². The first kappa shape index (κ1) is 16.2. The molecule has 0 amide bonds. The number of pyridine rings is 1. The molecule has 0 saturated heterocycles. The summed E-state index contributed by atoms with van der Waals surface area (Å²) in [6.07, 6.45) is 0. The number of para-hydroxylation sites is 1. The van der Waals surface area contributed by atoms with Crippen LogP contribution in [0.1, 0.15) is 17.1 Å². The van der Waals surface area contributed by atoms with E-state index in [9.17, 15) is 0 Å². The SMILES string of the molecule is Cc1ccc(CNc2ccc3c(COc4ccccc4)cccc3n2)o1. The van der Waals surface area contributed by atoms with Crippen molar-refractivity contribution in [2.45, 2.75) is 20.1 Å². The Kier molecular flexibility index (Phi) is 4.56. The van der Waals surface area contributed by atoms with E-state index < -0.39 is 0 Å². The van der Waals surface area contributed by atoms with Crippen LogP contribution in [0.4, 0.5) is 5.82 Å². The number of furan rings is 1. The zero-order valence-corrected chi connectivity index (χ0v) is 14.6. The van der Waals surface area contributed by atoms with Crippen molar-refractivity contribution in [2.75, 3.05) is 5.32 Å². The summed E-state index contributed by atoms with van der Waals surface area (Å²) in [5, 5.41) is 4.41. The Hall–Kier alpha value is -3.27. The van der Waals surface area contributed by atoms with Crippen molar-refractivity contribution in [3.63, 3.8) is 0 Å². The van der Waals surface area contributed by atoms with Gasteiger partial charge >= 0.3 is 0 Å². The number of ether oxygens (including phenoxy) is 1. The number of nitrogens with one attached hydrogen (secondary N) is 1. The predicted octanol–water partition coefficient (Wildman–Crippen LogP) is 5.33. The first-order valence-electron chi connectivity index (χ1n) is 8.63. The monoisotopic (exact) mass is 344 g/mol. The van der Waals surface area contributed by atoms with Crippen molar-refractivity contribution in [1.82, 2.24) is 4.98 Å². The van der Waals surface area contributed by atoms with Crippen molar-refractivity contribution >= 4 is 16.7 Å². The number of hydrogen-bond acceptors (Lipinski definition) is 4. The molecule has 2 aromatic carbocycles. The van der Waals surface area contributed by atoms with Crippen molar-refractivity contribution in [1.29, 1.82) is 0 Å². The van der Waals surface area contributed by atoms with Gasteiger partial charge in [0.15, 0.2) is 0 Å². The topological polar surface area (TPSA) is 47.3 Å². The third kappa shape index (κ3) is 3.70. The van der Waals surface area contributed by atoms with Crippen LogP contribution in [0.15, 0.2) is 77.2 Å². The van der Waals surface area contributed by atoms with Crippen molar-refractivity contribution in [3.05, 3.63) is 89.9 Å². The molecule has 2 aromatic heterocycles. The first-order valence-corrected chi connectivity index (χ1v) is 8.63. The molecule has 1 N–H and O–H groups in total. The van der Waals surface area contributed by atoms with Crippen LogP contribution < -0.4 is 10.1 Å². The predicted molar refractivity (Wildman–Crippen MR) is 103 cm³/mol. The second kappa shape index (κ2) is 7.31. The van der Waals surface area contributed by atoms with Gasteiger partial charge in [0.1, 0.15) is 29.7 Å². The molecular weight excluding hydrogens is 324 g/mol. The van der Waals surface area contributed by atoms with Gasteiger partial charge in [0.05, 0.1) is 12.1 Å². The molecule has 0 radical (unpaired) electrons. The lowest BCUT2D eigenvalue weighted by Crippen LogP contribution is -2.01. The summed E-state index contributed by atoms with van der Waals surface area (Å²) < 4.78 is 11.5. The van der Waals surface area contributed by atoms with Crippen LogP contribution in [0.25, 0.3) is 10.9 Å². The molecule has 0 fully saturated rings. The van der Waals surface area contributed by atoms with Gasteiger partial charge in [-0.25, -0.2) is 4.98 Å². The summed E-state index contributed by atoms with van der Waals surface area (Å²) in [4.78, 5) is 4.70. The van der Waals surface area contributed by atoms with Crippen LogP contribution in [0.2, 0.25) is 0 Å². The Morgan fingerprint density at radius 1 is 0.923 bits per heavy atom. The van der Waals surface area contributed by atoms with Crippen LogP contribution in [-0.2, 0) is 13.2 Å². The van der Waals surface area contributed by atoms with E-state index in [2.05, 4.69) is 17.4 Å². The van der Waals surface area contributed by atoms with E-state index >= 15 is 0 Å². The third-order valence-electron chi connectivity index (χ3n) is 4.20. The molecule has 0 atom stereocenters. The smallest absolute Gasteiger partial charge is 0.127 e. The van der Waals surface area contributed by atoms with Crippen LogP contribution in [0, 0.1) is 6.92 Å².